The van der Waals surface area contributed by atoms with E-state index in [-0.39, 0.29) is 29.7 Å². The van der Waals surface area contributed by atoms with Gasteiger partial charge in [-0.05, 0) is 54.8 Å². The molecule has 0 amide bonds. The topological polar surface area (TPSA) is 141 Å². The maximum atomic E-state index is 13.7. The second-order valence-electron chi connectivity index (χ2n) is 9.73. The van der Waals surface area contributed by atoms with Gasteiger partial charge in [-0.1, -0.05) is 41.9 Å². The van der Waals surface area contributed by atoms with E-state index in [1.807, 2.05) is 55.5 Å². The molecule has 1 unspecified atom stereocenters. The molecule has 2 heterocycles. The molecule has 5 aromatic rings. The second-order valence-corrected chi connectivity index (χ2v) is 11.9. The molecule has 10 nitrogen and oxygen atoms in total. The predicted octanol–water partition coefficient (Wildman–Crippen LogP) is 4.91. The van der Waals surface area contributed by atoms with Crippen LogP contribution in [0.1, 0.15) is 24.4 Å². The first-order valence-electron chi connectivity index (χ1n) is 13.0. The molecule has 0 aliphatic carbocycles. The molecular formula is C30H29ClN6O4S. The lowest BCUT2D eigenvalue weighted by Crippen LogP contribution is -2.29. The van der Waals surface area contributed by atoms with Crippen molar-refractivity contribution in [3.8, 4) is 22.7 Å². The first-order valence-corrected chi connectivity index (χ1v) is 15.2. The number of sulfonamides is 1. The molecule has 3 aromatic carbocycles. The van der Waals surface area contributed by atoms with Crippen molar-refractivity contribution in [1.82, 2.24) is 19.9 Å². The third-order valence-electron chi connectivity index (χ3n) is 6.73. The van der Waals surface area contributed by atoms with E-state index in [0.29, 0.717) is 38.8 Å². The van der Waals surface area contributed by atoms with Gasteiger partial charge in [-0.15, -0.1) is 0 Å². The average Bonchev–Trinajstić information content (AvgIpc) is 2.96. The summed E-state index contributed by atoms with van der Waals surface area (Å²) in [6.45, 7) is 2.19. The summed E-state index contributed by atoms with van der Waals surface area (Å²) in [5, 5.41) is 5.01. The Kier molecular flexibility index (Phi) is 8.17. The van der Waals surface area contributed by atoms with Crippen LogP contribution in [-0.4, -0.2) is 36.3 Å². The van der Waals surface area contributed by atoms with Crippen LogP contribution in [0, 0.1) is 0 Å². The van der Waals surface area contributed by atoms with Crippen LogP contribution in [0.3, 0.4) is 0 Å². The smallest absolute Gasteiger partial charge is 0.264 e. The zero-order chi connectivity index (χ0) is 30.0. The predicted molar refractivity (Wildman–Crippen MR) is 167 cm³/mol. The van der Waals surface area contributed by atoms with E-state index in [1.165, 1.54) is 13.3 Å². The molecular weight excluding hydrogens is 576 g/mol. The summed E-state index contributed by atoms with van der Waals surface area (Å²) < 4.78 is 33.1. The molecule has 12 heteroatoms. The maximum Gasteiger partial charge on any atom is 0.264 e. The van der Waals surface area contributed by atoms with Gasteiger partial charge in [0.1, 0.15) is 11.6 Å². The Morgan fingerprint density at radius 2 is 1.83 bits per heavy atom. The van der Waals surface area contributed by atoms with Gasteiger partial charge in [0.05, 0.1) is 47.0 Å². The number of hydrogen-bond donors (Lipinski definition) is 3. The van der Waals surface area contributed by atoms with Crippen molar-refractivity contribution >= 4 is 43.9 Å². The number of rotatable bonds is 9. The van der Waals surface area contributed by atoms with Gasteiger partial charge < -0.3 is 15.8 Å². The Hall–Kier alpha value is -4.45. The minimum Gasteiger partial charge on any atom is -0.495 e. The van der Waals surface area contributed by atoms with Crippen molar-refractivity contribution in [3.63, 3.8) is 0 Å². The fraction of sp³-hybridized carbons (Fsp3) is 0.167. The standard InChI is InChI=1S/C30H29ClN6O4S/c1-18(26-15-20-8-7-11-22(31)28(20)30(38)37(26)21-9-5-4-6-10-21)33-17-25-29(32)34-16-24(35-25)19-12-13-27(41-2)23(14-19)36-42(3,39)40/h4-16,18,33,36H,17H2,1-3H3,(H2,32,34). The van der Waals surface area contributed by atoms with Gasteiger partial charge in [0.25, 0.3) is 5.56 Å². The highest BCUT2D eigenvalue weighted by Crippen LogP contribution is 2.31. The van der Waals surface area contributed by atoms with Gasteiger partial charge in [-0.25, -0.2) is 18.4 Å². The number of nitrogens with two attached hydrogens (primary N) is 1. The Balaban J connectivity index is 1.48. The fourth-order valence-electron chi connectivity index (χ4n) is 4.71. The number of halogens is 1. The molecule has 4 N–H and O–H groups in total. The largest absolute Gasteiger partial charge is 0.495 e. The van der Waals surface area contributed by atoms with Crippen LogP contribution in [-0.2, 0) is 16.6 Å². The molecule has 2 aromatic heterocycles. The van der Waals surface area contributed by atoms with Crippen LogP contribution in [0.15, 0.2) is 83.8 Å². The van der Waals surface area contributed by atoms with Gasteiger partial charge in [0.2, 0.25) is 10.0 Å². The molecule has 42 heavy (non-hydrogen) atoms. The van der Waals surface area contributed by atoms with Crippen LogP contribution in [0.2, 0.25) is 5.02 Å². The zero-order valence-electron chi connectivity index (χ0n) is 23.1. The Morgan fingerprint density at radius 1 is 1.07 bits per heavy atom. The Labute approximate surface area is 248 Å². The number of pyridine rings is 1. The number of benzene rings is 3. The summed E-state index contributed by atoms with van der Waals surface area (Å²) >= 11 is 6.44. The van der Waals surface area contributed by atoms with Crippen LogP contribution in [0.4, 0.5) is 11.5 Å². The lowest BCUT2D eigenvalue weighted by Gasteiger charge is -2.21. The Morgan fingerprint density at radius 3 is 2.55 bits per heavy atom. The molecule has 0 aliphatic heterocycles. The average molecular weight is 605 g/mol. The van der Waals surface area contributed by atoms with Crippen molar-refractivity contribution < 1.29 is 13.2 Å². The number of methoxy groups -OCH3 is 1. The summed E-state index contributed by atoms with van der Waals surface area (Å²) in [4.78, 5) is 22.7. The monoisotopic (exact) mass is 604 g/mol. The van der Waals surface area contributed by atoms with Crippen molar-refractivity contribution in [2.45, 2.75) is 19.5 Å². The molecule has 0 radical (unpaired) electrons. The van der Waals surface area contributed by atoms with E-state index in [2.05, 4.69) is 15.0 Å². The van der Waals surface area contributed by atoms with Gasteiger partial charge in [-0.3, -0.25) is 14.1 Å². The van der Waals surface area contributed by atoms with E-state index >= 15 is 0 Å². The number of ether oxygens (including phenoxy) is 1. The van der Waals surface area contributed by atoms with Gasteiger partial charge in [0, 0.05) is 29.5 Å². The van der Waals surface area contributed by atoms with Crippen LogP contribution < -0.4 is 26.1 Å². The highest BCUT2D eigenvalue weighted by Gasteiger charge is 2.19. The number of hydrogen-bond acceptors (Lipinski definition) is 8. The molecule has 0 aliphatic rings. The summed E-state index contributed by atoms with van der Waals surface area (Å²) in [6, 6.07) is 21.4. The van der Waals surface area contributed by atoms with E-state index in [9.17, 15) is 13.2 Å². The van der Waals surface area contributed by atoms with Crippen molar-refractivity contribution in [2.24, 2.45) is 0 Å². The quantitative estimate of drug-likeness (QED) is 0.215. The number of aromatic nitrogens is 3. The second kappa shape index (κ2) is 11.8. The molecule has 5 rings (SSSR count). The third-order valence-corrected chi connectivity index (χ3v) is 7.63. The van der Waals surface area contributed by atoms with Crippen LogP contribution >= 0.6 is 11.6 Å². The van der Waals surface area contributed by atoms with Crippen molar-refractivity contribution in [2.75, 3.05) is 23.8 Å². The lowest BCUT2D eigenvalue weighted by molar-refractivity contribution is 0.417. The van der Waals surface area contributed by atoms with Gasteiger partial charge in [-0.2, -0.15) is 0 Å². The number of para-hydroxylation sites is 1. The van der Waals surface area contributed by atoms with Crippen molar-refractivity contribution in [1.29, 1.82) is 0 Å². The van der Waals surface area contributed by atoms with E-state index in [1.54, 1.807) is 28.8 Å². The summed E-state index contributed by atoms with van der Waals surface area (Å²) in [6.07, 6.45) is 2.59. The van der Waals surface area contributed by atoms with Gasteiger partial charge >= 0.3 is 0 Å². The zero-order valence-corrected chi connectivity index (χ0v) is 24.7. The fourth-order valence-corrected chi connectivity index (χ4v) is 5.53. The minimum atomic E-state index is -3.54. The normalized spacial score (nSPS) is 12.3. The van der Waals surface area contributed by atoms with E-state index < -0.39 is 10.0 Å². The summed E-state index contributed by atoms with van der Waals surface area (Å²) in [5.74, 6) is 0.608. The van der Waals surface area contributed by atoms with Gasteiger partial charge in [0.15, 0.2) is 0 Å². The number of nitrogens with zero attached hydrogens (tertiary/aromatic N) is 3. The highest BCUT2D eigenvalue weighted by atomic mass is 35.5. The highest BCUT2D eigenvalue weighted by molar-refractivity contribution is 7.92. The van der Waals surface area contributed by atoms with Crippen LogP contribution in [0.25, 0.3) is 27.7 Å². The first kappa shape index (κ1) is 29.1. The summed E-state index contributed by atoms with van der Waals surface area (Å²) in [5.41, 5.74) is 9.31. The number of nitrogens with one attached hydrogen (secondary N) is 2. The molecule has 0 bridgehead atoms. The number of anilines is 2. The maximum absolute atomic E-state index is 13.7. The third kappa shape index (κ3) is 6.08. The number of fused-ring (bicyclic) bond motifs is 1. The van der Waals surface area contributed by atoms with E-state index in [0.717, 1.165) is 17.3 Å². The lowest BCUT2D eigenvalue weighted by atomic mass is 10.1. The van der Waals surface area contributed by atoms with Crippen molar-refractivity contribution in [3.05, 3.63) is 106 Å². The molecule has 0 saturated carbocycles. The van der Waals surface area contributed by atoms with E-state index in [4.69, 9.17) is 27.1 Å². The molecule has 0 spiro atoms. The molecule has 1 atom stereocenters. The summed E-state index contributed by atoms with van der Waals surface area (Å²) in [7, 11) is -2.08. The molecule has 0 saturated heterocycles. The van der Waals surface area contributed by atoms with Crippen LogP contribution in [0.5, 0.6) is 5.75 Å². The Bertz CT molecular complexity index is 1950. The minimum absolute atomic E-state index is 0.215. The molecule has 216 valence electrons. The first-order chi connectivity index (χ1) is 20.1. The molecule has 0 fully saturated rings. The SMILES string of the molecule is COc1ccc(-c2cnc(N)c(CNC(C)c3cc4cccc(Cl)c4c(=O)n3-c3ccccc3)n2)cc1NS(C)(=O)=O. The number of nitrogen functional groups attached to an aromatic ring is 1.